The zero-order chi connectivity index (χ0) is 13.4. The first-order chi connectivity index (χ1) is 8.72. The molecule has 102 valence electrons. The molecule has 0 spiro atoms. The molecule has 1 atom stereocenters. The van der Waals surface area contributed by atoms with E-state index in [-0.39, 0.29) is 6.61 Å². The van der Waals surface area contributed by atoms with Crippen LogP contribution in [0.1, 0.15) is 44.9 Å². The first kappa shape index (κ1) is 14.9. The zero-order valence-corrected chi connectivity index (χ0v) is 11.3. The second-order valence-corrected chi connectivity index (χ2v) is 4.43. The lowest BCUT2D eigenvalue weighted by atomic mass is 10.2. The van der Waals surface area contributed by atoms with Gasteiger partial charge in [-0.15, -0.1) is 0 Å². The Morgan fingerprint density at radius 1 is 1.28 bits per heavy atom. The number of unbranched alkanes of at least 4 members (excludes halogenated alkanes) is 1. The molecule has 0 saturated heterocycles. The van der Waals surface area contributed by atoms with Gasteiger partial charge in [0.05, 0.1) is 30.3 Å². The minimum absolute atomic E-state index is 0.142. The van der Waals surface area contributed by atoms with Crippen LogP contribution in [-0.2, 0) is 0 Å². The SMILES string of the molecule is CCCCN(CCO)c1ccc([C@H](O)CC)nc1. The van der Waals surface area contributed by atoms with Crippen LogP contribution in [-0.4, -0.2) is 34.9 Å². The number of nitrogens with zero attached hydrogens (tertiary/aromatic N) is 2. The highest BCUT2D eigenvalue weighted by Gasteiger charge is 2.09. The molecule has 0 aliphatic carbocycles. The number of hydrogen-bond acceptors (Lipinski definition) is 4. The van der Waals surface area contributed by atoms with Crippen LogP contribution in [0, 0.1) is 0 Å². The molecule has 0 unspecified atom stereocenters. The van der Waals surface area contributed by atoms with Crippen LogP contribution in [0.15, 0.2) is 18.3 Å². The van der Waals surface area contributed by atoms with Gasteiger partial charge in [0.25, 0.3) is 0 Å². The second kappa shape index (κ2) is 8.06. The van der Waals surface area contributed by atoms with Crippen LogP contribution in [0.5, 0.6) is 0 Å². The van der Waals surface area contributed by atoms with Gasteiger partial charge >= 0.3 is 0 Å². The maximum atomic E-state index is 9.69. The Labute approximate surface area is 109 Å². The highest BCUT2D eigenvalue weighted by molar-refractivity contribution is 5.44. The van der Waals surface area contributed by atoms with E-state index < -0.39 is 6.10 Å². The van der Waals surface area contributed by atoms with E-state index >= 15 is 0 Å². The highest BCUT2D eigenvalue weighted by Crippen LogP contribution is 2.18. The first-order valence-electron chi connectivity index (χ1n) is 6.72. The minimum Gasteiger partial charge on any atom is -0.395 e. The Bertz CT molecular complexity index is 327. The number of pyridine rings is 1. The molecule has 4 nitrogen and oxygen atoms in total. The van der Waals surface area contributed by atoms with Crippen molar-refractivity contribution in [3.05, 3.63) is 24.0 Å². The summed E-state index contributed by atoms with van der Waals surface area (Å²) in [6.45, 7) is 5.77. The number of aromatic nitrogens is 1. The van der Waals surface area contributed by atoms with E-state index in [1.165, 1.54) is 0 Å². The van der Waals surface area contributed by atoms with Crippen molar-refractivity contribution < 1.29 is 10.2 Å². The lowest BCUT2D eigenvalue weighted by molar-refractivity contribution is 0.169. The summed E-state index contributed by atoms with van der Waals surface area (Å²) >= 11 is 0. The molecule has 0 aliphatic rings. The van der Waals surface area contributed by atoms with Gasteiger partial charge in [-0.3, -0.25) is 4.98 Å². The van der Waals surface area contributed by atoms with Crippen molar-refractivity contribution in [1.29, 1.82) is 0 Å². The molecule has 2 N–H and O–H groups in total. The van der Waals surface area contributed by atoms with E-state index in [2.05, 4.69) is 16.8 Å². The summed E-state index contributed by atoms with van der Waals surface area (Å²) in [5.74, 6) is 0. The second-order valence-electron chi connectivity index (χ2n) is 4.43. The predicted octanol–water partition coefficient (Wildman–Crippen LogP) is 2.12. The molecule has 0 aromatic carbocycles. The van der Waals surface area contributed by atoms with E-state index in [9.17, 15) is 5.11 Å². The van der Waals surface area contributed by atoms with Crippen molar-refractivity contribution in [2.24, 2.45) is 0 Å². The molecule has 1 aromatic heterocycles. The Hall–Kier alpha value is -1.13. The molecule has 0 saturated carbocycles. The smallest absolute Gasteiger partial charge is 0.0957 e. The fraction of sp³-hybridized carbons (Fsp3) is 0.643. The lowest BCUT2D eigenvalue weighted by Gasteiger charge is -2.23. The number of aliphatic hydroxyl groups is 2. The number of hydrogen-bond donors (Lipinski definition) is 2. The lowest BCUT2D eigenvalue weighted by Crippen LogP contribution is -2.27. The maximum absolute atomic E-state index is 9.69. The molecule has 18 heavy (non-hydrogen) atoms. The summed E-state index contributed by atoms with van der Waals surface area (Å²) in [4.78, 5) is 6.41. The van der Waals surface area contributed by atoms with Crippen LogP contribution in [0.4, 0.5) is 5.69 Å². The van der Waals surface area contributed by atoms with Gasteiger partial charge in [-0.25, -0.2) is 0 Å². The molecule has 1 heterocycles. The van der Waals surface area contributed by atoms with Crippen LogP contribution < -0.4 is 4.90 Å². The Morgan fingerprint density at radius 3 is 2.56 bits per heavy atom. The normalized spacial score (nSPS) is 12.4. The summed E-state index contributed by atoms with van der Waals surface area (Å²) in [5.41, 5.74) is 1.71. The highest BCUT2D eigenvalue weighted by atomic mass is 16.3. The van der Waals surface area contributed by atoms with Crippen molar-refractivity contribution >= 4 is 5.69 Å². The first-order valence-corrected chi connectivity index (χ1v) is 6.72. The van der Waals surface area contributed by atoms with Crippen molar-refractivity contribution in [3.8, 4) is 0 Å². The summed E-state index contributed by atoms with van der Waals surface area (Å²) in [6.07, 6.45) is 4.18. The summed E-state index contributed by atoms with van der Waals surface area (Å²) in [5, 5.41) is 18.8. The number of anilines is 1. The maximum Gasteiger partial charge on any atom is 0.0957 e. The number of rotatable bonds is 8. The van der Waals surface area contributed by atoms with Crippen molar-refractivity contribution in [2.45, 2.75) is 39.2 Å². The van der Waals surface area contributed by atoms with Crippen LogP contribution in [0.3, 0.4) is 0 Å². The van der Waals surface area contributed by atoms with E-state index in [1.54, 1.807) is 6.20 Å². The molecule has 0 amide bonds. The van der Waals surface area contributed by atoms with E-state index in [0.717, 1.165) is 25.1 Å². The topological polar surface area (TPSA) is 56.6 Å². The molecular weight excluding hydrogens is 228 g/mol. The summed E-state index contributed by atoms with van der Waals surface area (Å²) in [7, 11) is 0. The Kier molecular flexibility index (Phi) is 6.68. The van der Waals surface area contributed by atoms with Gasteiger partial charge in [0, 0.05) is 13.1 Å². The third-order valence-electron chi connectivity index (χ3n) is 3.02. The molecule has 0 radical (unpaired) electrons. The fourth-order valence-corrected chi connectivity index (χ4v) is 1.83. The predicted molar refractivity (Wildman–Crippen MR) is 73.7 cm³/mol. The number of aliphatic hydroxyl groups excluding tert-OH is 2. The standard InChI is InChI=1S/C14H24N2O2/c1-3-5-8-16(9-10-17)12-6-7-13(15-11-12)14(18)4-2/h6-7,11,14,17-18H,3-5,8-10H2,1-2H3/t14-/m1/s1. The van der Waals surface area contributed by atoms with Crippen LogP contribution in [0.2, 0.25) is 0 Å². The van der Waals surface area contributed by atoms with Crippen molar-refractivity contribution in [3.63, 3.8) is 0 Å². The van der Waals surface area contributed by atoms with Gasteiger partial charge in [-0.05, 0) is 25.0 Å². The van der Waals surface area contributed by atoms with Gasteiger partial charge in [-0.1, -0.05) is 20.3 Å². The van der Waals surface area contributed by atoms with Gasteiger partial charge in [0.2, 0.25) is 0 Å². The quantitative estimate of drug-likeness (QED) is 0.744. The third kappa shape index (κ3) is 4.27. The molecule has 0 aliphatic heterocycles. The molecule has 1 aromatic rings. The van der Waals surface area contributed by atoms with E-state index in [1.807, 2.05) is 19.1 Å². The Balaban J connectivity index is 2.73. The molecular formula is C14H24N2O2. The van der Waals surface area contributed by atoms with Gasteiger partial charge in [0.15, 0.2) is 0 Å². The largest absolute Gasteiger partial charge is 0.395 e. The molecule has 0 bridgehead atoms. The van der Waals surface area contributed by atoms with Crippen LogP contribution in [0.25, 0.3) is 0 Å². The summed E-state index contributed by atoms with van der Waals surface area (Å²) in [6, 6.07) is 3.83. The molecule has 0 fully saturated rings. The van der Waals surface area contributed by atoms with Crippen molar-refractivity contribution in [1.82, 2.24) is 4.98 Å². The zero-order valence-electron chi connectivity index (χ0n) is 11.3. The Morgan fingerprint density at radius 2 is 2.06 bits per heavy atom. The van der Waals surface area contributed by atoms with Gasteiger partial charge < -0.3 is 15.1 Å². The van der Waals surface area contributed by atoms with Gasteiger partial charge in [-0.2, -0.15) is 0 Å². The van der Waals surface area contributed by atoms with E-state index in [4.69, 9.17) is 5.11 Å². The average molecular weight is 252 g/mol. The molecule has 1 rings (SSSR count). The molecule has 4 heteroatoms. The van der Waals surface area contributed by atoms with E-state index in [0.29, 0.717) is 18.7 Å². The van der Waals surface area contributed by atoms with Gasteiger partial charge in [0.1, 0.15) is 0 Å². The monoisotopic (exact) mass is 252 g/mol. The van der Waals surface area contributed by atoms with Crippen LogP contribution >= 0.6 is 0 Å². The van der Waals surface area contributed by atoms with Crippen molar-refractivity contribution in [2.75, 3.05) is 24.6 Å². The third-order valence-corrected chi connectivity index (χ3v) is 3.02. The fourth-order valence-electron chi connectivity index (χ4n) is 1.83. The minimum atomic E-state index is -0.485. The average Bonchev–Trinajstić information content (AvgIpc) is 2.43. The summed E-state index contributed by atoms with van der Waals surface area (Å²) < 4.78 is 0.